The summed E-state index contributed by atoms with van der Waals surface area (Å²) in [5, 5.41) is 5.23. The van der Waals surface area contributed by atoms with Crippen LogP contribution in [0.15, 0.2) is 18.2 Å². The molecular weight excluding hydrogens is 221 g/mol. The molecular formula is C10H9F3N2O. The number of amides is 1. The topological polar surface area (TPSA) is 41.1 Å². The van der Waals surface area contributed by atoms with E-state index in [4.69, 9.17) is 0 Å². The lowest BCUT2D eigenvalue weighted by Gasteiger charge is -2.24. The minimum atomic E-state index is -4.37. The summed E-state index contributed by atoms with van der Waals surface area (Å²) in [7, 11) is 0. The van der Waals surface area contributed by atoms with Gasteiger partial charge in [0.2, 0.25) is 5.91 Å². The number of fused-ring (bicyclic) bond motifs is 1. The molecule has 0 spiro atoms. The Labute approximate surface area is 89.6 Å². The fourth-order valence-electron chi connectivity index (χ4n) is 1.49. The zero-order valence-electron chi connectivity index (χ0n) is 8.35. The summed E-state index contributed by atoms with van der Waals surface area (Å²) in [5.74, 6) is -0.257. The van der Waals surface area contributed by atoms with Crippen LogP contribution in [-0.4, -0.2) is 11.9 Å². The first-order valence-corrected chi connectivity index (χ1v) is 4.66. The predicted octanol–water partition coefficient (Wildman–Crippen LogP) is 2.46. The van der Waals surface area contributed by atoms with Gasteiger partial charge in [0.15, 0.2) is 0 Å². The molecule has 2 rings (SSSR count). The quantitative estimate of drug-likeness (QED) is 0.718. The highest BCUT2D eigenvalue weighted by Gasteiger charge is 2.32. The fourth-order valence-corrected chi connectivity index (χ4v) is 1.49. The Morgan fingerprint density at radius 2 is 1.94 bits per heavy atom. The minimum Gasteiger partial charge on any atom is -0.372 e. The number of hydrogen-bond donors (Lipinski definition) is 2. The Balaban J connectivity index is 2.40. The highest BCUT2D eigenvalue weighted by molar-refractivity contribution is 6.02. The molecule has 6 heteroatoms. The van der Waals surface area contributed by atoms with Crippen LogP contribution in [0.2, 0.25) is 0 Å². The molecule has 1 atom stereocenters. The Bertz CT molecular complexity index is 442. The maximum Gasteiger partial charge on any atom is 0.416 e. The van der Waals surface area contributed by atoms with Gasteiger partial charge in [0.05, 0.1) is 16.9 Å². The first-order valence-electron chi connectivity index (χ1n) is 4.66. The van der Waals surface area contributed by atoms with Crippen molar-refractivity contribution < 1.29 is 18.0 Å². The number of alkyl halides is 3. The fraction of sp³-hybridized carbons (Fsp3) is 0.300. The third-order valence-corrected chi connectivity index (χ3v) is 2.37. The van der Waals surface area contributed by atoms with Crippen molar-refractivity contribution in [3.8, 4) is 0 Å². The van der Waals surface area contributed by atoms with E-state index in [1.54, 1.807) is 6.92 Å². The highest BCUT2D eigenvalue weighted by Crippen LogP contribution is 2.35. The second kappa shape index (κ2) is 3.40. The summed E-state index contributed by atoms with van der Waals surface area (Å²) in [6.45, 7) is 1.58. The van der Waals surface area contributed by atoms with Gasteiger partial charge in [0.25, 0.3) is 0 Å². The van der Waals surface area contributed by atoms with Crippen LogP contribution in [0.4, 0.5) is 24.5 Å². The van der Waals surface area contributed by atoms with Gasteiger partial charge < -0.3 is 10.6 Å². The van der Waals surface area contributed by atoms with E-state index in [0.29, 0.717) is 11.4 Å². The molecule has 1 aliphatic rings. The summed E-state index contributed by atoms with van der Waals surface area (Å²) in [6, 6.07) is 2.65. The molecule has 2 N–H and O–H groups in total. The van der Waals surface area contributed by atoms with E-state index in [1.807, 2.05) is 0 Å². The number of nitrogens with one attached hydrogen (secondary N) is 2. The molecule has 1 heterocycles. The van der Waals surface area contributed by atoms with Crippen molar-refractivity contribution in [3.05, 3.63) is 23.8 Å². The molecule has 0 unspecified atom stereocenters. The second-order valence-corrected chi connectivity index (χ2v) is 3.61. The molecule has 16 heavy (non-hydrogen) atoms. The van der Waals surface area contributed by atoms with Crippen LogP contribution < -0.4 is 10.6 Å². The molecule has 0 aromatic heterocycles. The molecule has 0 aliphatic carbocycles. The van der Waals surface area contributed by atoms with Crippen molar-refractivity contribution in [2.24, 2.45) is 0 Å². The van der Waals surface area contributed by atoms with Crippen LogP contribution in [0.5, 0.6) is 0 Å². The van der Waals surface area contributed by atoms with E-state index in [0.717, 1.165) is 12.1 Å². The van der Waals surface area contributed by atoms with Crippen molar-refractivity contribution in [1.82, 2.24) is 0 Å². The number of benzene rings is 1. The van der Waals surface area contributed by atoms with Crippen LogP contribution in [0.1, 0.15) is 12.5 Å². The summed E-state index contributed by atoms with van der Waals surface area (Å²) >= 11 is 0. The van der Waals surface area contributed by atoms with E-state index >= 15 is 0 Å². The normalized spacial score (nSPS) is 19.8. The molecule has 1 aromatic rings. The molecule has 0 fully saturated rings. The standard InChI is InChI=1S/C10H9F3N2O/c1-5-9(16)15-7-3-2-6(10(11,12)13)4-8(7)14-5/h2-5,14H,1H3,(H,15,16)/t5-/m0/s1. The van der Waals surface area contributed by atoms with E-state index in [-0.39, 0.29) is 5.91 Å². The average molecular weight is 230 g/mol. The summed E-state index contributed by atoms with van der Waals surface area (Å²) in [6.07, 6.45) is -4.37. The number of anilines is 2. The van der Waals surface area contributed by atoms with Crippen LogP contribution in [0.25, 0.3) is 0 Å². The van der Waals surface area contributed by atoms with Crippen molar-refractivity contribution in [1.29, 1.82) is 0 Å². The lowest BCUT2D eigenvalue weighted by atomic mass is 10.1. The van der Waals surface area contributed by atoms with E-state index in [9.17, 15) is 18.0 Å². The summed E-state index contributed by atoms with van der Waals surface area (Å²) in [5.41, 5.74) is -0.0693. The number of carbonyl (C=O) groups is 1. The van der Waals surface area contributed by atoms with Crippen molar-refractivity contribution in [2.75, 3.05) is 10.6 Å². The second-order valence-electron chi connectivity index (χ2n) is 3.61. The van der Waals surface area contributed by atoms with Gasteiger partial charge in [-0.3, -0.25) is 4.79 Å². The summed E-state index contributed by atoms with van der Waals surface area (Å²) < 4.78 is 37.2. The van der Waals surface area contributed by atoms with Crippen LogP contribution in [-0.2, 0) is 11.0 Å². The highest BCUT2D eigenvalue weighted by atomic mass is 19.4. The van der Waals surface area contributed by atoms with Crippen LogP contribution in [0, 0.1) is 0 Å². The molecule has 1 amide bonds. The predicted molar refractivity (Wildman–Crippen MR) is 53.2 cm³/mol. The molecule has 0 saturated carbocycles. The Hall–Kier alpha value is -1.72. The lowest BCUT2D eigenvalue weighted by Crippen LogP contribution is -2.36. The molecule has 86 valence electrons. The van der Waals surface area contributed by atoms with E-state index < -0.39 is 17.8 Å². The van der Waals surface area contributed by atoms with Gasteiger partial charge in [-0.15, -0.1) is 0 Å². The maximum absolute atomic E-state index is 12.4. The number of halogens is 3. The number of rotatable bonds is 0. The van der Waals surface area contributed by atoms with Crippen molar-refractivity contribution in [3.63, 3.8) is 0 Å². The Morgan fingerprint density at radius 3 is 2.56 bits per heavy atom. The van der Waals surface area contributed by atoms with Crippen LogP contribution in [0.3, 0.4) is 0 Å². The molecule has 1 aliphatic heterocycles. The number of carbonyl (C=O) groups excluding carboxylic acids is 1. The Morgan fingerprint density at radius 1 is 1.25 bits per heavy atom. The lowest BCUT2D eigenvalue weighted by molar-refractivity contribution is -0.137. The summed E-state index contributed by atoms with van der Waals surface area (Å²) in [4.78, 5) is 11.2. The zero-order valence-corrected chi connectivity index (χ0v) is 8.35. The van der Waals surface area contributed by atoms with Crippen molar-refractivity contribution in [2.45, 2.75) is 19.1 Å². The average Bonchev–Trinajstić information content (AvgIpc) is 2.17. The van der Waals surface area contributed by atoms with Gasteiger partial charge in [0, 0.05) is 0 Å². The first kappa shape index (κ1) is 10.8. The van der Waals surface area contributed by atoms with Gasteiger partial charge in [-0.2, -0.15) is 13.2 Å². The third-order valence-electron chi connectivity index (χ3n) is 2.37. The van der Waals surface area contributed by atoms with Gasteiger partial charge >= 0.3 is 6.18 Å². The first-order chi connectivity index (χ1) is 7.38. The maximum atomic E-state index is 12.4. The van der Waals surface area contributed by atoms with Gasteiger partial charge in [-0.1, -0.05) is 0 Å². The van der Waals surface area contributed by atoms with Crippen LogP contribution >= 0.6 is 0 Å². The van der Waals surface area contributed by atoms with Gasteiger partial charge in [-0.05, 0) is 25.1 Å². The zero-order chi connectivity index (χ0) is 11.9. The van der Waals surface area contributed by atoms with Crippen molar-refractivity contribution >= 4 is 17.3 Å². The molecule has 3 nitrogen and oxygen atoms in total. The minimum absolute atomic E-state index is 0.257. The molecule has 0 bridgehead atoms. The third kappa shape index (κ3) is 1.82. The van der Waals surface area contributed by atoms with E-state index in [2.05, 4.69) is 10.6 Å². The smallest absolute Gasteiger partial charge is 0.372 e. The molecule has 0 radical (unpaired) electrons. The van der Waals surface area contributed by atoms with Gasteiger partial charge in [0.1, 0.15) is 6.04 Å². The molecule has 0 saturated heterocycles. The SMILES string of the molecule is C[C@@H]1Nc2cc(C(F)(F)F)ccc2NC1=O. The Kier molecular flexibility index (Phi) is 2.29. The molecule has 1 aromatic carbocycles. The largest absolute Gasteiger partial charge is 0.416 e. The van der Waals surface area contributed by atoms with E-state index in [1.165, 1.54) is 6.07 Å². The number of hydrogen-bond acceptors (Lipinski definition) is 2. The van der Waals surface area contributed by atoms with Gasteiger partial charge in [-0.25, -0.2) is 0 Å². The monoisotopic (exact) mass is 230 g/mol.